The van der Waals surface area contributed by atoms with Crippen LogP contribution in [0.2, 0.25) is 0 Å². The molecule has 1 aliphatic carbocycles. The number of hydrogen-bond acceptors (Lipinski definition) is 5. The van der Waals surface area contributed by atoms with E-state index >= 15 is 0 Å². The summed E-state index contributed by atoms with van der Waals surface area (Å²) in [4.78, 5) is 26.9. The first-order valence-corrected chi connectivity index (χ1v) is 13.7. The lowest BCUT2D eigenvalue weighted by Gasteiger charge is -2.32. The Bertz CT molecular complexity index is 964. The van der Waals surface area contributed by atoms with Crippen molar-refractivity contribution in [3.63, 3.8) is 0 Å². The molecule has 2 amide bonds. The maximum atomic E-state index is 13.2. The van der Waals surface area contributed by atoms with Crippen LogP contribution < -0.4 is 15.0 Å². The third-order valence-electron chi connectivity index (χ3n) is 7.03. The number of nitrogens with zero attached hydrogens (tertiary/aromatic N) is 2. The second-order valence-electron chi connectivity index (χ2n) is 9.59. The van der Waals surface area contributed by atoms with Crippen molar-refractivity contribution >= 4 is 27.5 Å². The van der Waals surface area contributed by atoms with E-state index in [2.05, 4.69) is 12.2 Å². The molecule has 1 aromatic rings. The Morgan fingerprint density at radius 3 is 2.42 bits per heavy atom. The molecule has 2 fully saturated rings. The first-order valence-electron chi connectivity index (χ1n) is 12.2. The minimum absolute atomic E-state index is 0.125. The smallest absolute Gasteiger partial charge is 0.265 e. The Morgan fingerprint density at radius 1 is 1.06 bits per heavy atom. The first-order chi connectivity index (χ1) is 15.8. The lowest BCUT2D eigenvalue weighted by atomic mass is 9.97. The van der Waals surface area contributed by atoms with Gasteiger partial charge in [0.05, 0.1) is 10.6 Å². The number of carbonyl (C=O) groups is 2. The van der Waals surface area contributed by atoms with Gasteiger partial charge < -0.3 is 10.1 Å². The van der Waals surface area contributed by atoms with Gasteiger partial charge in [-0.1, -0.05) is 39.0 Å². The van der Waals surface area contributed by atoms with Crippen LogP contribution in [-0.4, -0.2) is 56.8 Å². The van der Waals surface area contributed by atoms with Crippen LogP contribution >= 0.6 is 0 Å². The van der Waals surface area contributed by atoms with E-state index in [1.54, 1.807) is 6.07 Å². The third-order valence-corrected chi connectivity index (χ3v) is 8.92. The van der Waals surface area contributed by atoms with Crippen molar-refractivity contribution < 1.29 is 22.7 Å². The molecule has 0 radical (unpaired) electrons. The van der Waals surface area contributed by atoms with Gasteiger partial charge in [-0.05, 0) is 49.8 Å². The number of amides is 2. The van der Waals surface area contributed by atoms with Crippen molar-refractivity contribution in [2.45, 2.75) is 75.6 Å². The molecular weight excluding hydrogens is 442 g/mol. The van der Waals surface area contributed by atoms with E-state index in [4.69, 9.17) is 4.74 Å². The van der Waals surface area contributed by atoms with E-state index < -0.39 is 10.0 Å². The molecule has 0 bridgehead atoms. The van der Waals surface area contributed by atoms with Crippen LogP contribution in [-0.2, 0) is 19.6 Å². The minimum atomic E-state index is -3.68. The van der Waals surface area contributed by atoms with Crippen LogP contribution in [0.4, 0.5) is 5.69 Å². The first kappa shape index (κ1) is 24.0. The highest BCUT2D eigenvalue weighted by molar-refractivity contribution is 7.89. The van der Waals surface area contributed by atoms with Crippen LogP contribution in [0.3, 0.4) is 0 Å². The maximum Gasteiger partial charge on any atom is 0.265 e. The molecule has 4 rings (SSSR count). The Labute approximate surface area is 196 Å². The molecule has 2 heterocycles. The fourth-order valence-electron chi connectivity index (χ4n) is 4.91. The Kier molecular flexibility index (Phi) is 7.58. The highest BCUT2D eigenvalue weighted by atomic mass is 32.2. The van der Waals surface area contributed by atoms with Gasteiger partial charge in [0.1, 0.15) is 12.3 Å². The summed E-state index contributed by atoms with van der Waals surface area (Å²) in [5.41, 5.74) is 0.338. The lowest BCUT2D eigenvalue weighted by molar-refractivity contribution is -0.125. The average molecular weight is 478 g/mol. The van der Waals surface area contributed by atoms with Gasteiger partial charge >= 0.3 is 0 Å². The number of anilines is 1. The van der Waals surface area contributed by atoms with Gasteiger partial charge in [0.2, 0.25) is 15.9 Å². The normalized spacial score (nSPS) is 21.6. The molecule has 2 aliphatic heterocycles. The van der Waals surface area contributed by atoms with Crippen molar-refractivity contribution in [2.75, 3.05) is 31.1 Å². The van der Waals surface area contributed by atoms with Crippen molar-refractivity contribution in [2.24, 2.45) is 5.92 Å². The number of hydrogen-bond donors (Lipinski definition) is 1. The van der Waals surface area contributed by atoms with E-state index in [0.29, 0.717) is 30.4 Å². The van der Waals surface area contributed by atoms with Crippen molar-refractivity contribution in [3.05, 3.63) is 18.2 Å². The van der Waals surface area contributed by atoms with Gasteiger partial charge in [0.25, 0.3) is 5.91 Å². The Hall–Kier alpha value is -2.13. The molecule has 3 aliphatic rings. The van der Waals surface area contributed by atoms with E-state index in [1.807, 2.05) is 0 Å². The summed E-state index contributed by atoms with van der Waals surface area (Å²) in [5.74, 6) is 0.356. The van der Waals surface area contributed by atoms with Crippen LogP contribution in [0.15, 0.2) is 23.1 Å². The minimum Gasteiger partial charge on any atom is -0.482 e. The van der Waals surface area contributed by atoms with Gasteiger partial charge in [-0.2, -0.15) is 4.31 Å². The maximum absolute atomic E-state index is 13.2. The lowest BCUT2D eigenvalue weighted by Crippen LogP contribution is -2.47. The zero-order valence-corrected chi connectivity index (χ0v) is 20.2. The summed E-state index contributed by atoms with van der Waals surface area (Å²) in [6.07, 6.45) is 9.40. The SMILES string of the molecule is CC1CCN(S(=O)(=O)c2ccc3c(c2)N(CC(=O)NC2CCCCCCC2)C(=O)CO3)CC1. The molecule has 182 valence electrons. The second kappa shape index (κ2) is 10.4. The Balaban J connectivity index is 1.50. The van der Waals surface area contributed by atoms with E-state index in [1.165, 1.54) is 40.6 Å². The van der Waals surface area contributed by atoms with Crippen LogP contribution in [0.5, 0.6) is 5.75 Å². The summed E-state index contributed by atoms with van der Waals surface area (Å²) in [5, 5.41) is 3.09. The topological polar surface area (TPSA) is 96.0 Å². The van der Waals surface area contributed by atoms with Gasteiger partial charge in [0, 0.05) is 19.1 Å². The van der Waals surface area contributed by atoms with Crippen molar-refractivity contribution in [1.29, 1.82) is 0 Å². The molecule has 0 unspecified atom stereocenters. The molecule has 9 heteroatoms. The standard InChI is InChI=1S/C24H35N3O5S/c1-18-11-13-26(14-12-18)33(30,31)20-9-10-22-21(15-20)27(24(29)17-32-22)16-23(28)25-19-7-5-3-2-4-6-8-19/h9-10,15,18-19H,2-8,11-14,16-17H2,1H3,(H,25,28). The fraction of sp³-hybridized carbons (Fsp3) is 0.667. The quantitative estimate of drug-likeness (QED) is 0.703. The number of carbonyl (C=O) groups excluding carboxylic acids is 2. The van der Waals surface area contributed by atoms with Gasteiger partial charge in [0.15, 0.2) is 6.61 Å². The fourth-order valence-corrected chi connectivity index (χ4v) is 6.40. The van der Waals surface area contributed by atoms with E-state index in [9.17, 15) is 18.0 Å². The molecule has 0 atom stereocenters. The van der Waals surface area contributed by atoms with Gasteiger partial charge in [-0.25, -0.2) is 8.42 Å². The number of rotatable bonds is 5. The number of ether oxygens (including phenoxy) is 1. The summed E-state index contributed by atoms with van der Waals surface area (Å²) in [7, 11) is -3.68. The van der Waals surface area contributed by atoms with Crippen molar-refractivity contribution in [3.8, 4) is 5.75 Å². The molecule has 1 N–H and O–H groups in total. The van der Waals surface area contributed by atoms with E-state index in [0.717, 1.165) is 38.5 Å². The monoisotopic (exact) mass is 477 g/mol. The summed E-state index contributed by atoms with van der Waals surface area (Å²) >= 11 is 0. The molecule has 8 nitrogen and oxygen atoms in total. The molecule has 1 aromatic carbocycles. The van der Waals surface area contributed by atoms with Crippen molar-refractivity contribution in [1.82, 2.24) is 9.62 Å². The molecule has 1 saturated heterocycles. The highest BCUT2D eigenvalue weighted by Gasteiger charge is 2.32. The third kappa shape index (κ3) is 5.69. The Morgan fingerprint density at radius 2 is 1.73 bits per heavy atom. The molecule has 1 saturated carbocycles. The summed E-state index contributed by atoms with van der Waals surface area (Å²) in [6, 6.07) is 4.71. The van der Waals surface area contributed by atoms with Gasteiger partial charge in [-0.15, -0.1) is 0 Å². The number of nitrogens with one attached hydrogen (secondary N) is 1. The number of fused-ring (bicyclic) bond motifs is 1. The second-order valence-corrected chi connectivity index (χ2v) is 11.5. The van der Waals surface area contributed by atoms with Crippen LogP contribution in [0.1, 0.15) is 64.7 Å². The molecular formula is C24H35N3O5S. The largest absolute Gasteiger partial charge is 0.482 e. The zero-order chi connectivity index (χ0) is 23.4. The molecule has 0 spiro atoms. The zero-order valence-electron chi connectivity index (χ0n) is 19.4. The summed E-state index contributed by atoms with van der Waals surface area (Å²) < 4.78 is 33.5. The number of sulfonamides is 1. The average Bonchev–Trinajstić information content (AvgIpc) is 2.77. The molecule has 33 heavy (non-hydrogen) atoms. The number of piperidine rings is 1. The highest BCUT2D eigenvalue weighted by Crippen LogP contribution is 2.35. The number of benzene rings is 1. The van der Waals surface area contributed by atoms with Crippen LogP contribution in [0, 0.1) is 5.92 Å². The van der Waals surface area contributed by atoms with E-state index in [-0.39, 0.29) is 35.9 Å². The predicted octanol–water partition coefficient (Wildman–Crippen LogP) is 3.06. The van der Waals surface area contributed by atoms with Gasteiger partial charge in [-0.3, -0.25) is 14.5 Å². The molecule has 0 aromatic heterocycles. The predicted molar refractivity (Wildman–Crippen MR) is 126 cm³/mol. The summed E-state index contributed by atoms with van der Waals surface area (Å²) in [6.45, 7) is 2.80. The van der Waals surface area contributed by atoms with Crippen LogP contribution in [0.25, 0.3) is 0 Å².